The van der Waals surface area contributed by atoms with Gasteiger partial charge in [0.05, 0.1) is 0 Å². The first-order valence-electron chi connectivity index (χ1n) is 49.1. The summed E-state index contributed by atoms with van der Waals surface area (Å²) in [4.78, 5) is 87.0. The van der Waals surface area contributed by atoms with Crippen molar-refractivity contribution in [3.63, 3.8) is 0 Å². The molecule has 0 amide bonds. The SMILES string of the molecule is CC(C)(C)C(=O)C=C(O)C(C)(C)C.CC(C)(C)C(=O)C=C(O)C(C)(C)C.CC(C)(C)C(=O)C=C(O)C(C)(C)C.CC(C)(C)C(=O)C=C(O)C(C)(C)C.COc1ccc2c(-c3[c-]c[c]([Ge]([CH3])([CH3])[CH3])c(C)c3)ncnc2c1.Cc1cc(-c2ncnc3cc(N(C)C)ccc23)[c-]c[c]1[Ge]([CH3])([CH3])[CH3].Cc1ccc2c(-c3[c-]c[c]([Ge]([CH3])([CH3])[CH3])c(C)c3)ncnc2c1.[C-]#[N+]c1ccc2c(-c3[c-]c[c]([Ge]([CH3])([CH3])[CH3])c(C)c3)ncnc2c1.[Ir].[Ir].[Ir].[Ir]. The van der Waals surface area contributed by atoms with Gasteiger partial charge in [0.2, 0.25) is 0 Å². The predicted octanol–water partition coefficient (Wildman–Crippen LogP) is 29.1. The summed E-state index contributed by atoms with van der Waals surface area (Å²) in [6.07, 6.45) is 11.8. The van der Waals surface area contributed by atoms with Crippen LogP contribution in [-0.4, -0.2) is 158 Å². The van der Waals surface area contributed by atoms with E-state index in [1.807, 2.05) is 211 Å². The molecule has 0 bridgehead atoms. The van der Waals surface area contributed by atoms with Gasteiger partial charge in [-0.2, -0.15) is 0 Å². The van der Waals surface area contributed by atoms with E-state index in [0.717, 1.165) is 100 Å². The summed E-state index contributed by atoms with van der Waals surface area (Å²) >= 11 is -7.43. The van der Waals surface area contributed by atoms with Crippen molar-refractivity contribution < 1.29 is 125 Å². The molecule has 0 aliphatic rings. The average Bonchev–Trinajstić information content (AvgIpc) is 0.789. The minimum Gasteiger partial charge on any atom is 0 e. The number of nitrogens with zero attached hydrogens (tertiary/aromatic N) is 10. The number of aryl methyl sites for hydroxylation is 5. The molecule has 4 heterocycles. The summed E-state index contributed by atoms with van der Waals surface area (Å²) in [5, 5.41) is 42.4. The first-order valence-corrected chi connectivity index (χ1v) is 78.5. The summed E-state index contributed by atoms with van der Waals surface area (Å²) in [7, 11) is 5.74. The van der Waals surface area contributed by atoms with Crippen molar-refractivity contribution in [2.24, 2.45) is 43.3 Å². The molecule has 808 valence electrons. The van der Waals surface area contributed by atoms with Crippen LogP contribution in [0.4, 0.5) is 11.4 Å². The molecule has 8 aromatic carbocycles. The Morgan fingerprint density at radius 1 is 0.324 bits per heavy atom. The standard InChI is InChI=1S/C20H24GeN3.C19H18GeN3.C19H21GeN2O.C19H21GeN2.4C11H20O2.4Ir/c1-14-11-15(7-10-18(14)21(2,3)4)20-17-9-8-16(24(5)6)12-19(17)22-13-23-20;1-13-10-14(6-9-17(13)20(2,3)4)19-16-8-7-15(21-5)11-18(16)22-12-23-19;1-13-10-14(6-9-17(13)20(2,3)4)19-16-8-7-15(23-5)11-18(16)21-12-22-19;1-13-6-8-16-18(10-13)21-12-22-19(16)15-7-9-17(14(2)11-15)20(3,4)5;4*1-10(2,3)8(12)7-9(13)11(4,5)6;;;;/h8-13H,1-6H3;7-12H,1-4H3;7-12H,1-5H3;6,8-12H,1-5H3;4*7,12H,1-6H3;;;;/q4*-1;;;;;;;;. The fourth-order valence-electron chi connectivity index (χ4n) is 14.0. The van der Waals surface area contributed by atoms with Gasteiger partial charge in [-0.3, -0.25) is 19.2 Å². The number of hydrogen-bond acceptors (Lipinski definition) is 18. The number of aliphatic hydroxyl groups is 4. The zero-order valence-electron chi connectivity index (χ0n) is 96.3. The Balaban J connectivity index is 0.000000855. The van der Waals surface area contributed by atoms with Gasteiger partial charge in [-0.25, -0.2) is 0 Å². The number of rotatable bonds is 14. The van der Waals surface area contributed by atoms with Crippen molar-refractivity contribution in [1.29, 1.82) is 0 Å². The summed E-state index contributed by atoms with van der Waals surface area (Å²) < 4.78 is 11.3. The van der Waals surface area contributed by atoms with Gasteiger partial charge in [-0.1, -0.05) is 166 Å². The molecule has 27 heteroatoms. The van der Waals surface area contributed by atoms with Gasteiger partial charge in [0.15, 0.2) is 23.1 Å². The van der Waals surface area contributed by atoms with Gasteiger partial charge < -0.3 is 20.4 Å². The Labute approximate surface area is 951 Å². The van der Waals surface area contributed by atoms with Crippen LogP contribution in [0.15, 0.2) is 194 Å². The Morgan fingerprint density at radius 3 is 0.777 bits per heavy atom. The number of aromatic nitrogens is 8. The van der Waals surface area contributed by atoms with E-state index in [2.05, 4.69) is 263 Å². The van der Waals surface area contributed by atoms with Crippen molar-refractivity contribution in [2.45, 2.75) is 270 Å². The second-order valence-corrected chi connectivity index (χ2v) is 91.8. The van der Waals surface area contributed by atoms with E-state index >= 15 is 0 Å². The van der Waals surface area contributed by atoms with Crippen LogP contribution < -0.4 is 27.2 Å². The van der Waals surface area contributed by atoms with E-state index in [4.69, 9.17) is 11.3 Å². The Morgan fingerprint density at radius 2 is 0.554 bits per heavy atom. The summed E-state index contributed by atoms with van der Waals surface area (Å²) in [6.45, 7) is 62.4. The number of carbonyl (C=O) groups is 4. The Bertz CT molecular complexity index is 6550. The molecule has 0 saturated heterocycles. The first-order chi connectivity index (χ1) is 65.6. The third-order valence-electron chi connectivity index (χ3n) is 23.5. The van der Waals surface area contributed by atoms with Crippen molar-refractivity contribution in [3.05, 3.63) is 257 Å². The number of hydrogen-bond donors (Lipinski definition) is 4. The quantitative estimate of drug-likeness (QED) is 0.0341. The molecular formula is C121H164Ge4Ir4N10O9-4. The molecule has 19 nitrogen and oxygen atoms in total. The predicted molar refractivity (Wildman–Crippen MR) is 617 cm³/mol. The van der Waals surface area contributed by atoms with Gasteiger partial charge in [-0.15, -0.1) is 0 Å². The van der Waals surface area contributed by atoms with Crippen molar-refractivity contribution >= 4 is 149 Å². The molecule has 0 spiro atoms. The Hall–Kier alpha value is -8.18. The molecular weight excluding hydrogens is 2800 g/mol. The molecule has 12 aromatic rings. The number of ketones is 4. The summed E-state index contributed by atoms with van der Waals surface area (Å²) in [5.74, 6) is 30.1. The number of benzene rings is 8. The van der Waals surface area contributed by atoms with Gasteiger partial charge in [0, 0.05) is 148 Å². The van der Waals surface area contributed by atoms with Gasteiger partial charge in [0.1, 0.15) is 23.0 Å². The van der Waals surface area contributed by atoms with Crippen LogP contribution in [0.3, 0.4) is 0 Å². The number of carbonyl (C=O) groups excluding carboxylic acids is 4. The zero-order valence-corrected chi connectivity index (χ0v) is 114. The molecule has 0 aliphatic carbocycles. The van der Waals surface area contributed by atoms with Crippen molar-refractivity contribution in [1.82, 2.24) is 39.9 Å². The fourth-order valence-corrected chi connectivity index (χ4v) is 28.8. The van der Waals surface area contributed by atoms with Crippen LogP contribution in [-0.2, 0) is 99.6 Å². The topological polar surface area (TPSA) is 269 Å². The third kappa shape index (κ3) is 42.0. The monoisotopic (exact) mass is 2970 g/mol. The number of aliphatic hydroxyl groups excluding tert-OH is 4. The summed E-state index contributed by atoms with van der Waals surface area (Å²) in [5.41, 5.74) is 16.8. The average molecular weight is 2960 g/mol. The van der Waals surface area contributed by atoms with E-state index in [1.54, 1.807) is 38.5 Å². The second-order valence-electron chi connectivity index (χ2n) is 49.6. The molecule has 148 heavy (non-hydrogen) atoms. The molecule has 4 N–H and O–H groups in total. The third-order valence-corrected chi connectivity index (χ3v) is 41.6. The maximum atomic E-state index is 11.5. The van der Waals surface area contributed by atoms with E-state index in [-0.39, 0.29) is 148 Å². The van der Waals surface area contributed by atoms with Crippen LogP contribution >= 0.6 is 0 Å². The van der Waals surface area contributed by atoms with Crippen LogP contribution in [0, 0.1) is 109 Å². The number of anilines is 1. The molecule has 0 aliphatic heterocycles. The number of fused-ring (bicyclic) bond motifs is 4. The molecule has 0 fully saturated rings. The molecule has 0 unspecified atom stereocenters. The van der Waals surface area contributed by atoms with Crippen LogP contribution in [0.1, 0.15) is 194 Å². The van der Waals surface area contributed by atoms with Crippen LogP contribution in [0.2, 0.25) is 69.1 Å². The Kier molecular flexibility index (Phi) is 52.2. The normalized spacial score (nSPS) is 12.3. The molecule has 4 radical (unpaired) electrons. The molecule has 0 saturated carbocycles. The van der Waals surface area contributed by atoms with Crippen LogP contribution in [0.5, 0.6) is 5.75 Å². The van der Waals surface area contributed by atoms with Gasteiger partial charge >= 0.3 is 561 Å². The van der Waals surface area contributed by atoms with Crippen molar-refractivity contribution in [3.8, 4) is 50.8 Å². The second kappa shape index (κ2) is 56.1. The zero-order chi connectivity index (χ0) is 110. The largest absolute Gasteiger partial charge is 0 e. The van der Waals surface area contributed by atoms with E-state index in [0.29, 0.717) is 5.69 Å². The molecule has 0 atom stereocenters. The maximum absolute atomic E-state index is 11.5. The first kappa shape index (κ1) is 138. The fraction of sp³-hybridized carbons (Fsp3) is 0.430. The van der Waals surface area contributed by atoms with E-state index < -0.39 is 74.7 Å². The number of ether oxygens (including phenoxy) is 1. The summed E-state index contributed by atoms with van der Waals surface area (Å²) in [6, 6.07) is 55.4. The van der Waals surface area contributed by atoms with E-state index in [9.17, 15) is 39.6 Å². The number of allylic oxidation sites excluding steroid dienone is 8. The molecule has 12 rings (SSSR count). The van der Waals surface area contributed by atoms with Crippen LogP contribution in [0.25, 0.3) is 93.5 Å². The molecule has 4 aromatic heterocycles. The maximum Gasteiger partial charge on any atom is 0 e. The number of methoxy groups -OCH3 is 1. The minimum atomic E-state index is -1.88. The van der Waals surface area contributed by atoms with Crippen molar-refractivity contribution in [2.75, 3.05) is 26.1 Å². The van der Waals surface area contributed by atoms with E-state index in [1.165, 1.54) is 69.7 Å². The van der Waals surface area contributed by atoms with Gasteiger partial charge in [-0.05, 0) is 0 Å². The smallest absolute Gasteiger partial charge is 0 e. The van der Waals surface area contributed by atoms with Gasteiger partial charge in [0.25, 0.3) is 0 Å². The minimum absolute atomic E-state index is 0.